The van der Waals surface area contributed by atoms with Crippen molar-refractivity contribution < 1.29 is 25.5 Å². The Morgan fingerprint density at radius 1 is 1.26 bits per heavy atom. The number of nitrogens with zero attached hydrogens (tertiary/aromatic N) is 1. The molecule has 0 aliphatic heterocycles. The van der Waals surface area contributed by atoms with Gasteiger partial charge >= 0.3 is 131 Å². The zero-order chi connectivity index (χ0) is 15.0. The van der Waals surface area contributed by atoms with Crippen LogP contribution in [-0.2, 0) is 25.5 Å². The number of amides is 1. The third-order valence-electron chi connectivity index (χ3n) is 4.57. The van der Waals surface area contributed by atoms with E-state index in [-0.39, 0.29) is 0 Å². The molecule has 19 heavy (non-hydrogen) atoms. The zero-order valence-electron chi connectivity index (χ0n) is 13.3. The summed E-state index contributed by atoms with van der Waals surface area (Å²) in [5, 5.41) is 1.54. The molecule has 105 valence electrons. The van der Waals surface area contributed by atoms with Crippen LogP contribution < -0.4 is 0 Å². The van der Waals surface area contributed by atoms with Crippen molar-refractivity contribution in [2.24, 2.45) is 5.92 Å². The van der Waals surface area contributed by atoms with E-state index < -0.39 is 8.24 Å². The Morgan fingerprint density at radius 2 is 1.79 bits per heavy atom. The van der Waals surface area contributed by atoms with E-state index in [4.69, 9.17) is 0 Å². The molecule has 0 N–H and O–H groups in total. The molecule has 1 aliphatic carbocycles. The van der Waals surface area contributed by atoms with Crippen molar-refractivity contribution in [2.45, 2.75) is 60.6 Å². The van der Waals surface area contributed by atoms with Gasteiger partial charge in [0.05, 0.1) is 0 Å². The molecular formula is C15H26NOSiTi. The van der Waals surface area contributed by atoms with Crippen LogP contribution >= 0.6 is 0 Å². The van der Waals surface area contributed by atoms with Gasteiger partial charge in [-0.25, -0.2) is 0 Å². The monoisotopic (exact) mass is 312 g/mol. The van der Waals surface area contributed by atoms with Crippen molar-refractivity contribution in [3.8, 4) is 0 Å². The summed E-state index contributed by atoms with van der Waals surface area (Å²) in [6.07, 6.45) is 1.59. The quantitative estimate of drug-likeness (QED) is 0.715. The molecule has 0 saturated carbocycles. The fraction of sp³-hybridized carbons (Fsp3) is 0.667. The van der Waals surface area contributed by atoms with E-state index in [2.05, 4.69) is 50.8 Å². The second-order valence-electron chi connectivity index (χ2n) is 6.11. The Hall–Kier alpha value is -0.119. The molecule has 0 fully saturated rings. The molecule has 0 spiro atoms. The summed E-state index contributed by atoms with van der Waals surface area (Å²) in [4.78, 5) is 12.2. The van der Waals surface area contributed by atoms with Crippen LogP contribution in [-0.4, -0.2) is 17.2 Å². The van der Waals surface area contributed by atoms with E-state index in [0.29, 0.717) is 18.2 Å². The first-order chi connectivity index (χ1) is 8.66. The Labute approximate surface area is 131 Å². The minimum absolute atomic E-state index is 0.300. The summed E-state index contributed by atoms with van der Waals surface area (Å²) in [5.41, 5.74) is 4.33. The van der Waals surface area contributed by atoms with Gasteiger partial charge in [0.2, 0.25) is 0 Å². The molecule has 0 aromatic rings. The topological polar surface area (TPSA) is 20.3 Å². The summed E-state index contributed by atoms with van der Waals surface area (Å²) >= 11 is 2.00. The van der Waals surface area contributed by atoms with Crippen LogP contribution in [0.3, 0.4) is 0 Å². The first kappa shape index (κ1) is 16.9. The standard InChI is InChI=1S/C15H27NOSi.Ti/c1-8-9-14(17)16-18(6,7)15-12(4)10(2)11(3)13(15)5;/h12H,8-9H2,1-7H3,(H,16,17);/q;+1/p-1. The van der Waals surface area contributed by atoms with Crippen molar-refractivity contribution in [3.05, 3.63) is 21.9 Å². The Morgan fingerprint density at radius 3 is 2.16 bits per heavy atom. The van der Waals surface area contributed by atoms with Crippen LogP contribution in [0.4, 0.5) is 0 Å². The van der Waals surface area contributed by atoms with Crippen LogP contribution in [0.1, 0.15) is 47.5 Å². The van der Waals surface area contributed by atoms with Crippen molar-refractivity contribution in [1.29, 1.82) is 0 Å². The van der Waals surface area contributed by atoms with E-state index in [1.807, 2.05) is 20.7 Å². The maximum absolute atomic E-state index is 12.2. The van der Waals surface area contributed by atoms with Crippen LogP contribution in [0.15, 0.2) is 21.9 Å². The van der Waals surface area contributed by atoms with E-state index in [9.17, 15) is 4.79 Å². The summed E-state index contributed by atoms with van der Waals surface area (Å²) < 4.78 is 2.07. The molecule has 1 atom stereocenters. The van der Waals surface area contributed by atoms with Gasteiger partial charge in [-0.2, -0.15) is 0 Å². The van der Waals surface area contributed by atoms with Gasteiger partial charge in [0, 0.05) is 0 Å². The molecule has 0 radical (unpaired) electrons. The Kier molecular flexibility index (Phi) is 5.44. The third-order valence-corrected chi connectivity index (χ3v) is 11.1. The number of carbonyl (C=O) groups is 1. The summed E-state index contributed by atoms with van der Waals surface area (Å²) in [6, 6.07) is 0. The predicted octanol–water partition coefficient (Wildman–Crippen LogP) is 4.12. The van der Waals surface area contributed by atoms with Gasteiger partial charge in [-0.1, -0.05) is 0 Å². The van der Waals surface area contributed by atoms with Crippen molar-refractivity contribution >= 4 is 14.1 Å². The van der Waals surface area contributed by atoms with Crippen molar-refractivity contribution in [1.82, 2.24) is 3.05 Å². The maximum atomic E-state index is 12.2. The Bertz CT molecular complexity index is 451. The van der Waals surface area contributed by atoms with Gasteiger partial charge in [-0.05, 0) is 0 Å². The van der Waals surface area contributed by atoms with E-state index >= 15 is 0 Å². The van der Waals surface area contributed by atoms with Gasteiger partial charge in [-0.15, -0.1) is 0 Å². The molecule has 1 aliphatic rings. The third kappa shape index (κ3) is 2.98. The number of hydrogen-bond acceptors (Lipinski definition) is 1. The van der Waals surface area contributed by atoms with Gasteiger partial charge in [0.25, 0.3) is 0 Å². The molecule has 0 bridgehead atoms. The van der Waals surface area contributed by atoms with Crippen molar-refractivity contribution in [2.75, 3.05) is 0 Å². The van der Waals surface area contributed by atoms with Gasteiger partial charge in [-0.3, -0.25) is 0 Å². The number of carbonyl (C=O) groups excluding carboxylic acids is 1. The second-order valence-corrected chi connectivity index (χ2v) is 11.6. The van der Waals surface area contributed by atoms with Crippen molar-refractivity contribution in [3.63, 3.8) is 0 Å². The molecular weight excluding hydrogens is 286 g/mol. The molecule has 1 rings (SSSR count). The molecule has 0 aromatic heterocycles. The fourth-order valence-corrected chi connectivity index (χ4v) is 7.21. The molecule has 1 amide bonds. The second kappa shape index (κ2) is 6.11. The first-order valence-corrected chi connectivity index (χ1v) is 10.7. The van der Waals surface area contributed by atoms with Gasteiger partial charge < -0.3 is 0 Å². The van der Waals surface area contributed by atoms with Crippen LogP contribution in [0.5, 0.6) is 0 Å². The van der Waals surface area contributed by atoms with Gasteiger partial charge in [0.15, 0.2) is 0 Å². The average Bonchev–Trinajstić information content (AvgIpc) is 2.53. The fourth-order valence-electron chi connectivity index (χ4n) is 3.11. The van der Waals surface area contributed by atoms with Gasteiger partial charge in [0.1, 0.15) is 0 Å². The number of rotatable bonds is 4. The zero-order valence-corrected chi connectivity index (χ0v) is 15.9. The minimum atomic E-state index is -1.86. The molecule has 0 saturated heterocycles. The normalized spacial score (nSPS) is 20.2. The molecule has 4 heteroatoms. The average molecular weight is 312 g/mol. The van der Waals surface area contributed by atoms with Crippen LogP contribution in [0.2, 0.25) is 13.1 Å². The first-order valence-electron chi connectivity index (χ1n) is 7.09. The number of allylic oxidation sites excluding steroid dienone is 4. The predicted molar refractivity (Wildman–Crippen MR) is 79.5 cm³/mol. The molecule has 0 heterocycles. The summed E-state index contributed by atoms with van der Waals surface area (Å²) in [7, 11) is -1.86. The van der Waals surface area contributed by atoms with Crippen LogP contribution in [0, 0.1) is 5.92 Å². The molecule has 0 aromatic carbocycles. The van der Waals surface area contributed by atoms with Crippen LogP contribution in [0.25, 0.3) is 0 Å². The molecule has 2 nitrogen and oxygen atoms in total. The van der Waals surface area contributed by atoms with E-state index in [0.717, 1.165) is 6.42 Å². The summed E-state index contributed by atoms with van der Waals surface area (Å²) in [5.74, 6) is 0.799. The summed E-state index contributed by atoms with van der Waals surface area (Å²) in [6.45, 7) is 15.6. The van der Waals surface area contributed by atoms with E-state index in [1.165, 1.54) is 21.9 Å². The van der Waals surface area contributed by atoms with E-state index in [1.54, 1.807) is 0 Å². The Balaban J connectivity index is 3.12. The molecule has 1 unspecified atom stereocenters. The SMILES string of the molecule is CCCC(=O)[N]([Ti])[Si](C)(C)C1=C(C)C(C)=C(C)C1C. The number of hydrogen-bond donors (Lipinski definition) is 0.